The van der Waals surface area contributed by atoms with Gasteiger partial charge in [0.15, 0.2) is 17.2 Å². The Bertz CT molecular complexity index is 985. The van der Waals surface area contributed by atoms with Crippen LogP contribution in [-0.2, 0) is 6.54 Å². The Kier molecular flexibility index (Phi) is 4.68. The predicted molar refractivity (Wildman–Crippen MR) is 99.7 cm³/mol. The maximum Gasteiger partial charge on any atom is 0.273 e. The van der Waals surface area contributed by atoms with E-state index >= 15 is 0 Å². The lowest BCUT2D eigenvalue weighted by Gasteiger charge is -2.20. The van der Waals surface area contributed by atoms with Crippen molar-refractivity contribution in [2.45, 2.75) is 13.5 Å². The number of fused-ring (bicyclic) bond motifs is 1. The van der Waals surface area contributed by atoms with Crippen LogP contribution in [0.2, 0.25) is 5.02 Å². The van der Waals surface area contributed by atoms with Crippen LogP contribution in [0.1, 0.15) is 21.6 Å². The van der Waals surface area contributed by atoms with Gasteiger partial charge in [-0.1, -0.05) is 34.5 Å². The fourth-order valence-electron chi connectivity index (χ4n) is 2.73. The Morgan fingerprint density at radius 1 is 1.22 bits per heavy atom. The first-order valence-corrected chi connectivity index (χ1v) is 8.83. The Morgan fingerprint density at radius 2 is 2.00 bits per heavy atom. The van der Waals surface area contributed by atoms with Crippen LogP contribution in [-0.4, -0.2) is 34.1 Å². The molecule has 1 aromatic heterocycles. The van der Waals surface area contributed by atoms with Crippen molar-refractivity contribution in [2.75, 3.05) is 13.2 Å². The van der Waals surface area contributed by atoms with Gasteiger partial charge in [0.2, 0.25) is 0 Å². The van der Waals surface area contributed by atoms with Crippen LogP contribution in [0.25, 0.3) is 5.69 Å². The van der Waals surface area contributed by atoms with Gasteiger partial charge < -0.3 is 14.8 Å². The molecule has 0 bridgehead atoms. The summed E-state index contributed by atoms with van der Waals surface area (Å²) in [6.07, 6.45) is 1.59. The molecule has 27 heavy (non-hydrogen) atoms. The highest BCUT2D eigenvalue weighted by atomic mass is 35.5. The van der Waals surface area contributed by atoms with Crippen LogP contribution < -0.4 is 14.8 Å². The van der Waals surface area contributed by atoms with Crippen LogP contribution in [0.4, 0.5) is 0 Å². The number of aromatic nitrogens is 3. The minimum Gasteiger partial charge on any atom is -0.486 e. The second-order valence-corrected chi connectivity index (χ2v) is 6.58. The van der Waals surface area contributed by atoms with Crippen LogP contribution in [0.5, 0.6) is 11.5 Å². The Labute approximate surface area is 160 Å². The van der Waals surface area contributed by atoms with Crippen LogP contribution in [0, 0.1) is 6.92 Å². The molecule has 0 spiro atoms. The molecule has 138 valence electrons. The molecule has 2 aromatic carbocycles. The second-order valence-electron chi connectivity index (χ2n) is 6.17. The van der Waals surface area contributed by atoms with E-state index in [1.165, 1.54) is 0 Å². The van der Waals surface area contributed by atoms with E-state index in [1.807, 2.05) is 37.3 Å². The van der Waals surface area contributed by atoms with E-state index in [0.29, 0.717) is 29.7 Å². The van der Waals surface area contributed by atoms with Gasteiger partial charge in [0.05, 0.1) is 16.9 Å². The van der Waals surface area contributed by atoms with Gasteiger partial charge in [0, 0.05) is 6.54 Å². The fourth-order valence-corrected chi connectivity index (χ4v) is 3.02. The van der Waals surface area contributed by atoms with Crippen molar-refractivity contribution in [1.29, 1.82) is 0 Å². The number of nitrogens with one attached hydrogen (secondary N) is 1. The summed E-state index contributed by atoms with van der Waals surface area (Å²) in [7, 11) is 0. The highest BCUT2D eigenvalue weighted by Gasteiger charge is 2.17. The SMILES string of the molecule is Cc1ccc(-n2cc(C(=O)NCc3cc(Cl)c4c(c3)OCCO4)nn2)cc1. The summed E-state index contributed by atoms with van der Waals surface area (Å²) in [4.78, 5) is 12.4. The van der Waals surface area contributed by atoms with Gasteiger partial charge in [-0.15, -0.1) is 5.10 Å². The summed E-state index contributed by atoms with van der Waals surface area (Å²) in [6, 6.07) is 11.3. The van der Waals surface area contributed by atoms with Gasteiger partial charge >= 0.3 is 0 Å². The van der Waals surface area contributed by atoms with Gasteiger partial charge in [-0.05, 0) is 36.8 Å². The molecular weight excluding hydrogens is 368 g/mol. The first kappa shape index (κ1) is 17.4. The zero-order valence-electron chi connectivity index (χ0n) is 14.6. The molecule has 0 radical (unpaired) electrons. The Morgan fingerprint density at radius 3 is 2.81 bits per heavy atom. The van der Waals surface area contributed by atoms with Crippen molar-refractivity contribution in [3.05, 3.63) is 64.4 Å². The van der Waals surface area contributed by atoms with E-state index in [9.17, 15) is 4.79 Å². The van der Waals surface area contributed by atoms with Crippen LogP contribution in [0.15, 0.2) is 42.6 Å². The van der Waals surface area contributed by atoms with Gasteiger partial charge in [-0.25, -0.2) is 4.68 Å². The standard InChI is InChI=1S/C19H17ClN4O3/c1-12-2-4-14(5-3-12)24-11-16(22-23-24)19(25)21-10-13-8-15(20)18-17(9-13)26-6-7-27-18/h2-5,8-9,11H,6-7,10H2,1H3,(H,21,25). The minimum absolute atomic E-state index is 0.235. The summed E-state index contributed by atoms with van der Waals surface area (Å²) in [5.74, 6) is 0.807. The number of nitrogens with zero attached hydrogens (tertiary/aromatic N) is 3. The molecule has 0 aliphatic carbocycles. The molecule has 1 N–H and O–H groups in total. The zero-order valence-corrected chi connectivity index (χ0v) is 15.4. The third kappa shape index (κ3) is 3.73. The second kappa shape index (κ2) is 7.28. The summed E-state index contributed by atoms with van der Waals surface area (Å²) >= 11 is 6.22. The molecule has 1 amide bonds. The normalized spacial score (nSPS) is 12.7. The lowest BCUT2D eigenvalue weighted by atomic mass is 10.2. The quantitative estimate of drug-likeness (QED) is 0.748. The Hall–Kier alpha value is -3.06. The highest BCUT2D eigenvalue weighted by molar-refractivity contribution is 6.32. The molecule has 2 heterocycles. The average molecular weight is 385 g/mol. The molecule has 1 aliphatic heterocycles. The number of halogens is 1. The average Bonchev–Trinajstić information content (AvgIpc) is 3.17. The molecule has 0 fully saturated rings. The van der Waals surface area contributed by atoms with Crippen molar-refractivity contribution in [3.8, 4) is 17.2 Å². The van der Waals surface area contributed by atoms with Crippen molar-refractivity contribution >= 4 is 17.5 Å². The number of hydrogen-bond donors (Lipinski definition) is 1. The molecule has 3 aromatic rings. The fraction of sp³-hybridized carbons (Fsp3) is 0.211. The van der Waals surface area contributed by atoms with Crippen molar-refractivity contribution < 1.29 is 14.3 Å². The summed E-state index contributed by atoms with van der Waals surface area (Å²) in [6.45, 7) is 3.24. The van der Waals surface area contributed by atoms with Gasteiger partial charge in [-0.2, -0.15) is 0 Å². The molecule has 0 unspecified atom stereocenters. The molecule has 1 aliphatic rings. The molecular formula is C19H17ClN4O3. The first-order chi connectivity index (χ1) is 13.1. The predicted octanol–water partition coefficient (Wildman–Crippen LogP) is 2.93. The maximum atomic E-state index is 12.4. The number of hydrogen-bond acceptors (Lipinski definition) is 5. The van der Waals surface area contributed by atoms with Crippen molar-refractivity contribution in [1.82, 2.24) is 20.3 Å². The van der Waals surface area contributed by atoms with E-state index in [-0.39, 0.29) is 18.1 Å². The number of carbonyl (C=O) groups excluding carboxylic acids is 1. The lowest BCUT2D eigenvalue weighted by Crippen LogP contribution is -2.23. The number of amides is 1. The minimum atomic E-state index is -0.320. The number of carbonyl (C=O) groups is 1. The van der Waals surface area contributed by atoms with Crippen molar-refractivity contribution in [2.24, 2.45) is 0 Å². The molecule has 0 saturated heterocycles. The summed E-state index contributed by atoms with van der Waals surface area (Å²) in [5.41, 5.74) is 3.03. The monoisotopic (exact) mass is 384 g/mol. The molecule has 4 rings (SSSR count). The smallest absolute Gasteiger partial charge is 0.273 e. The molecule has 0 atom stereocenters. The third-order valence-electron chi connectivity index (χ3n) is 4.13. The summed E-state index contributed by atoms with van der Waals surface area (Å²) in [5, 5.41) is 11.2. The lowest BCUT2D eigenvalue weighted by molar-refractivity contribution is 0.0945. The van der Waals surface area contributed by atoms with E-state index in [1.54, 1.807) is 16.9 Å². The van der Waals surface area contributed by atoms with E-state index in [2.05, 4.69) is 15.6 Å². The van der Waals surface area contributed by atoms with Crippen molar-refractivity contribution in [3.63, 3.8) is 0 Å². The molecule has 0 saturated carbocycles. The number of rotatable bonds is 4. The van der Waals surface area contributed by atoms with Gasteiger partial charge in [-0.3, -0.25) is 4.79 Å². The maximum absolute atomic E-state index is 12.4. The van der Waals surface area contributed by atoms with Gasteiger partial charge in [0.25, 0.3) is 5.91 Å². The number of benzene rings is 2. The Balaban J connectivity index is 1.44. The van der Waals surface area contributed by atoms with Crippen LogP contribution in [0.3, 0.4) is 0 Å². The van der Waals surface area contributed by atoms with E-state index in [0.717, 1.165) is 16.8 Å². The third-order valence-corrected chi connectivity index (χ3v) is 4.41. The highest BCUT2D eigenvalue weighted by Crippen LogP contribution is 2.38. The van der Waals surface area contributed by atoms with Crippen LogP contribution >= 0.6 is 11.6 Å². The summed E-state index contributed by atoms with van der Waals surface area (Å²) < 4.78 is 12.6. The van der Waals surface area contributed by atoms with Gasteiger partial charge in [0.1, 0.15) is 13.2 Å². The number of aryl methyl sites for hydroxylation is 1. The largest absolute Gasteiger partial charge is 0.486 e. The zero-order chi connectivity index (χ0) is 18.8. The van der Waals surface area contributed by atoms with E-state index < -0.39 is 0 Å². The molecule has 8 heteroatoms. The number of ether oxygens (including phenoxy) is 2. The first-order valence-electron chi connectivity index (χ1n) is 8.46. The van der Waals surface area contributed by atoms with E-state index in [4.69, 9.17) is 21.1 Å². The topological polar surface area (TPSA) is 78.3 Å². The molecule has 7 nitrogen and oxygen atoms in total.